The highest BCUT2D eigenvalue weighted by Gasteiger charge is 2.50. The van der Waals surface area contributed by atoms with Gasteiger partial charge in [0.25, 0.3) is 0 Å². The van der Waals surface area contributed by atoms with Gasteiger partial charge in [0, 0.05) is 22.5 Å². The lowest BCUT2D eigenvalue weighted by molar-refractivity contribution is -0.139. The molecule has 2 unspecified atom stereocenters. The lowest BCUT2D eigenvalue weighted by atomic mass is 9.52. The number of carbonyl (C=O) groups excluding carboxylic acids is 2. The van der Waals surface area contributed by atoms with E-state index >= 15 is 0 Å². The zero-order valence-electron chi connectivity index (χ0n) is 12.1. The Morgan fingerprint density at radius 2 is 1.90 bits per heavy atom. The van der Waals surface area contributed by atoms with Crippen LogP contribution in [0.3, 0.4) is 0 Å². The molecule has 20 heavy (non-hydrogen) atoms. The van der Waals surface area contributed by atoms with Gasteiger partial charge >= 0.3 is 0 Å². The third kappa shape index (κ3) is 3.11. The molecule has 0 saturated heterocycles. The van der Waals surface area contributed by atoms with Gasteiger partial charge in [-0.05, 0) is 48.9 Å². The maximum absolute atomic E-state index is 12.1. The van der Waals surface area contributed by atoms with E-state index in [1.165, 1.54) is 0 Å². The first-order valence-corrected chi connectivity index (χ1v) is 7.66. The Morgan fingerprint density at radius 3 is 2.40 bits per heavy atom. The molecule has 0 heterocycles. The summed E-state index contributed by atoms with van der Waals surface area (Å²) >= 11 is 3.36. The molecular formula is C16H20BrNO2. The quantitative estimate of drug-likeness (QED) is 0.901. The fourth-order valence-corrected chi connectivity index (χ4v) is 3.29. The summed E-state index contributed by atoms with van der Waals surface area (Å²) in [5, 5.41) is 2.91. The van der Waals surface area contributed by atoms with Gasteiger partial charge in [-0.1, -0.05) is 29.8 Å². The molecule has 1 N–H and O–H groups in total. The van der Waals surface area contributed by atoms with Crippen molar-refractivity contribution in [2.75, 3.05) is 5.32 Å². The van der Waals surface area contributed by atoms with E-state index < -0.39 is 0 Å². The summed E-state index contributed by atoms with van der Waals surface area (Å²) in [6.45, 7) is 5.81. The topological polar surface area (TPSA) is 46.2 Å². The van der Waals surface area contributed by atoms with E-state index in [0.717, 1.165) is 16.6 Å². The zero-order chi connectivity index (χ0) is 14.9. The van der Waals surface area contributed by atoms with Crippen LogP contribution in [0.1, 0.15) is 33.6 Å². The van der Waals surface area contributed by atoms with Gasteiger partial charge in [-0.15, -0.1) is 0 Å². The number of hydrogen-bond donors (Lipinski definition) is 1. The van der Waals surface area contributed by atoms with Crippen molar-refractivity contribution >= 4 is 33.3 Å². The maximum atomic E-state index is 12.1. The van der Waals surface area contributed by atoms with Crippen LogP contribution < -0.4 is 5.32 Å². The molecule has 1 aromatic carbocycles. The Kier molecular flexibility index (Phi) is 4.33. The van der Waals surface area contributed by atoms with Crippen molar-refractivity contribution in [2.24, 2.45) is 17.3 Å². The van der Waals surface area contributed by atoms with Crippen molar-refractivity contribution < 1.29 is 9.59 Å². The second-order valence-electron chi connectivity index (χ2n) is 6.18. The van der Waals surface area contributed by atoms with Crippen molar-refractivity contribution in [1.29, 1.82) is 0 Å². The normalized spacial score (nSPS) is 23.8. The van der Waals surface area contributed by atoms with Crippen LogP contribution in [0.15, 0.2) is 28.7 Å². The monoisotopic (exact) mass is 337 g/mol. The van der Waals surface area contributed by atoms with Gasteiger partial charge < -0.3 is 5.32 Å². The Hall–Kier alpha value is -1.16. The van der Waals surface area contributed by atoms with E-state index in [0.29, 0.717) is 6.42 Å². The molecule has 1 saturated carbocycles. The molecule has 1 fully saturated rings. The van der Waals surface area contributed by atoms with E-state index in [2.05, 4.69) is 35.1 Å². The van der Waals surface area contributed by atoms with E-state index in [1.54, 1.807) is 6.92 Å². The smallest absolute Gasteiger partial charge is 0.224 e. The minimum absolute atomic E-state index is 0.0207. The average molecular weight is 338 g/mol. The molecule has 4 heteroatoms. The summed E-state index contributed by atoms with van der Waals surface area (Å²) in [5.74, 6) is 0.645. The SMILES string of the molecule is CC(=O)C1CC(CC(=O)Nc2ccc(Br)cc2)C1(C)C. The number of benzene rings is 1. The molecule has 0 aromatic heterocycles. The van der Waals surface area contributed by atoms with E-state index in [9.17, 15) is 9.59 Å². The highest BCUT2D eigenvalue weighted by atomic mass is 79.9. The number of carbonyl (C=O) groups is 2. The Balaban J connectivity index is 1.90. The van der Waals surface area contributed by atoms with Gasteiger partial charge in [0.15, 0.2) is 0 Å². The fourth-order valence-electron chi connectivity index (χ4n) is 3.02. The third-order valence-corrected chi connectivity index (χ3v) is 5.05. The molecule has 108 valence electrons. The number of halogens is 1. The summed E-state index contributed by atoms with van der Waals surface area (Å²) < 4.78 is 0.986. The number of hydrogen-bond acceptors (Lipinski definition) is 2. The summed E-state index contributed by atoms with van der Waals surface area (Å²) in [6.07, 6.45) is 1.31. The highest BCUT2D eigenvalue weighted by molar-refractivity contribution is 9.10. The van der Waals surface area contributed by atoms with Crippen LogP contribution in [0.4, 0.5) is 5.69 Å². The highest BCUT2D eigenvalue weighted by Crippen LogP contribution is 2.53. The number of amides is 1. The first-order valence-electron chi connectivity index (χ1n) is 6.86. The molecule has 1 amide bonds. The summed E-state index contributed by atoms with van der Waals surface area (Å²) in [7, 11) is 0. The van der Waals surface area contributed by atoms with Gasteiger partial charge in [0.05, 0.1) is 0 Å². The van der Waals surface area contributed by atoms with E-state index in [4.69, 9.17) is 0 Å². The molecule has 1 aromatic rings. The Bertz CT molecular complexity index is 522. The molecule has 0 aliphatic heterocycles. The van der Waals surface area contributed by atoms with Crippen LogP contribution in [0, 0.1) is 17.3 Å². The zero-order valence-corrected chi connectivity index (χ0v) is 13.7. The number of Topliss-reactive ketones (excluding diaryl/α,β-unsaturated/α-hetero) is 1. The van der Waals surface area contributed by atoms with Crippen molar-refractivity contribution in [3.63, 3.8) is 0 Å². The summed E-state index contributed by atoms with van der Waals surface area (Å²) in [4.78, 5) is 23.5. The first kappa shape index (κ1) is 15.2. The van der Waals surface area contributed by atoms with Crippen LogP contribution in [0.25, 0.3) is 0 Å². The lowest BCUT2D eigenvalue weighted by Crippen LogP contribution is -2.49. The third-order valence-electron chi connectivity index (χ3n) is 4.52. The minimum atomic E-state index is -0.0666. The molecule has 0 bridgehead atoms. The number of rotatable bonds is 4. The molecule has 0 radical (unpaired) electrons. The number of nitrogens with one attached hydrogen (secondary N) is 1. The van der Waals surface area contributed by atoms with Gasteiger partial charge in [-0.2, -0.15) is 0 Å². The van der Waals surface area contributed by atoms with Gasteiger partial charge in [-0.3, -0.25) is 9.59 Å². The molecule has 2 rings (SSSR count). The Labute approximate surface area is 128 Å². The van der Waals surface area contributed by atoms with Crippen molar-refractivity contribution in [1.82, 2.24) is 0 Å². The van der Waals surface area contributed by atoms with Gasteiger partial charge in [0.2, 0.25) is 5.91 Å². The molecule has 0 spiro atoms. The van der Waals surface area contributed by atoms with E-state index in [1.807, 2.05) is 24.3 Å². The average Bonchev–Trinajstić information content (AvgIpc) is 2.36. The standard InChI is InChI=1S/C16H20BrNO2/c1-10(19)14-8-11(16(14,2)3)9-15(20)18-13-6-4-12(17)5-7-13/h4-7,11,14H,8-9H2,1-3H3,(H,18,20). The van der Waals surface area contributed by atoms with Crippen molar-refractivity contribution in [2.45, 2.75) is 33.6 Å². The van der Waals surface area contributed by atoms with E-state index in [-0.39, 0.29) is 28.9 Å². The second kappa shape index (κ2) is 5.68. The number of anilines is 1. The first-order chi connectivity index (χ1) is 9.30. The van der Waals surface area contributed by atoms with Gasteiger partial charge in [-0.25, -0.2) is 0 Å². The second-order valence-corrected chi connectivity index (χ2v) is 7.09. The maximum Gasteiger partial charge on any atom is 0.224 e. The van der Waals surface area contributed by atoms with Crippen LogP contribution in [-0.4, -0.2) is 11.7 Å². The van der Waals surface area contributed by atoms with Gasteiger partial charge in [0.1, 0.15) is 5.78 Å². The molecule has 2 atom stereocenters. The van der Waals surface area contributed by atoms with Crippen LogP contribution in [0.5, 0.6) is 0 Å². The number of ketones is 1. The van der Waals surface area contributed by atoms with Crippen molar-refractivity contribution in [3.05, 3.63) is 28.7 Å². The van der Waals surface area contributed by atoms with Crippen LogP contribution >= 0.6 is 15.9 Å². The van der Waals surface area contributed by atoms with Crippen LogP contribution in [0.2, 0.25) is 0 Å². The molecular weight excluding hydrogens is 318 g/mol. The van der Waals surface area contributed by atoms with Crippen LogP contribution in [-0.2, 0) is 9.59 Å². The summed E-state index contributed by atoms with van der Waals surface area (Å²) in [5.41, 5.74) is 0.738. The lowest BCUT2D eigenvalue weighted by Gasteiger charge is -2.51. The molecule has 1 aliphatic rings. The summed E-state index contributed by atoms with van der Waals surface area (Å²) in [6, 6.07) is 7.53. The minimum Gasteiger partial charge on any atom is -0.326 e. The molecule has 1 aliphatic carbocycles. The Morgan fingerprint density at radius 1 is 1.30 bits per heavy atom. The predicted octanol–water partition coefficient (Wildman–Crippen LogP) is 4.03. The largest absolute Gasteiger partial charge is 0.326 e. The fraction of sp³-hybridized carbons (Fsp3) is 0.500. The predicted molar refractivity (Wildman–Crippen MR) is 83.4 cm³/mol. The molecule has 3 nitrogen and oxygen atoms in total. The van der Waals surface area contributed by atoms with Crippen molar-refractivity contribution in [3.8, 4) is 0 Å².